The molecule has 20 heavy (non-hydrogen) atoms. The molecule has 0 aliphatic rings. The van der Waals surface area contributed by atoms with Gasteiger partial charge in [0, 0.05) is 35.0 Å². The van der Waals surface area contributed by atoms with E-state index in [0.717, 1.165) is 10.4 Å². The molecule has 0 saturated heterocycles. The summed E-state index contributed by atoms with van der Waals surface area (Å²) in [7, 11) is -1.94. The Morgan fingerprint density at radius 2 is 2.10 bits per heavy atom. The fourth-order valence-corrected chi connectivity index (χ4v) is 3.64. The number of thiophene rings is 1. The van der Waals surface area contributed by atoms with Crippen LogP contribution in [-0.4, -0.2) is 31.9 Å². The molecule has 0 radical (unpaired) electrons. The Balaban J connectivity index is 2.75. The lowest BCUT2D eigenvalue weighted by Crippen LogP contribution is -2.47. The van der Waals surface area contributed by atoms with Crippen LogP contribution < -0.4 is 10.5 Å². The fraction of sp³-hybridized carbons (Fsp3) is 0.538. The van der Waals surface area contributed by atoms with Crippen LogP contribution in [0.25, 0.3) is 0 Å². The molecule has 1 aromatic rings. The highest BCUT2D eigenvalue weighted by Crippen LogP contribution is 2.17. The maximum atomic E-state index is 12.1. The predicted octanol–water partition coefficient (Wildman–Crippen LogP) is 1.12. The molecule has 0 spiro atoms. The molecule has 1 heterocycles. The number of nitrogens with one attached hydrogen (secondary N) is 1. The molecule has 0 aliphatic carbocycles. The van der Waals surface area contributed by atoms with E-state index < -0.39 is 15.7 Å². The van der Waals surface area contributed by atoms with Gasteiger partial charge in [-0.3, -0.25) is 0 Å². The minimum atomic E-state index is -3.49. The second-order valence-corrected chi connectivity index (χ2v) is 8.19. The minimum absolute atomic E-state index is 0.314. The van der Waals surface area contributed by atoms with Gasteiger partial charge in [-0.05, 0) is 26.8 Å². The van der Waals surface area contributed by atoms with Crippen LogP contribution in [-0.2, 0) is 16.8 Å². The second-order valence-electron chi connectivity index (χ2n) is 5.42. The number of hydrogen-bond donors (Lipinski definition) is 2. The molecular formula is C13H21N3O2S2. The number of nitrogens with two attached hydrogens (primary N) is 1. The second kappa shape index (κ2) is 6.70. The van der Waals surface area contributed by atoms with E-state index in [9.17, 15) is 8.42 Å². The summed E-state index contributed by atoms with van der Waals surface area (Å²) in [6.45, 7) is 6.06. The third-order valence-corrected chi connectivity index (χ3v) is 4.95. The molecule has 0 bridgehead atoms. The normalized spacial score (nSPS) is 12.3. The van der Waals surface area contributed by atoms with E-state index in [1.54, 1.807) is 7.05 Å². The van der Waals surface area contributed by atoms with Crippen molar-refractivity contribution in [2.24, 2.45) is 5.73 Å². The summed E-state index contributed by atoms with van der Waals surface area (Å²) in [5.74, 6) is 5.70. The maximum Gasteiger partial charge on any atom is 0.280 e. The number of hydrogen-bond acceptors (Lipinski definition) is 4. The standard InChI is InChI=1S/C13H21N3O2S2/c1-13(2,3)15-20(17,18)16(4)9-12-8-11(10-19-12)6-5-7-14/h8,10,15H,7,9,14H2,1-4H3. The highest BCUT2D eigenvalue weighted by atomic mass is 32.2. The largest absolute Gasteiger partial charge is 0.320 e. The van der Waals surface area contributed by atoms with Crippen LogP contribution in [0.5, 0.6) is 0 Å². The summed E-state index contributed by atoms with van der Waals surface area (Å²) in [6.07, 6.45) is 0. The molecule has 0 aromatic carbocycles. The van der Waals surface area contributed by atoms with Crippen molar-refractivity contribution in [2.75, 3.05) is 13.6 Å². The zero-order chi connectivity index (χ0) is 15.4. The summed E-state index contributed by atoms with van der Waals surface area (Å²) >= 11 is 1.49. The zero-order valence-corrected chi connectivity index (χ0v) is 13.9. The van der Waals surface area contributed by atoms with E-state index in [4.69, 9.17) is 5.73 Å². The number of rotatable bonds is 4. The minimum Gasteiger partial charge on any atom is -0.320 e. The first-order chi connectivity index (χ1) is 9.14. The molecule has 7 heteroatoms. The number of nitrogens with zero attached hydrogens (tertiary/aromatic N) is 1. The van der Waals surface area contributed by atoms with Crippen molar-refractivity contribution in [1.29, 1.82) is 0 Å². The van der Waals surface area contributed by atoms with Crippen LogP contribution >= 0.6 is 11.3 Å². The van der Waals surface area contributed by atoms with E-state index in [2.05, 4.69) is 16.6 Å². The van der Waals surface area contributed by atoms with Crippen molar-refractivity contribution in [3.8, 4) is 11.8 Å². The Bertz CT molecular complexity index is 604. The Labute approximate surface area is 125 Å². The van der Waals surface area contributed by atoms with Gasteiger partial charge in [0.1, 0.15) is 0 Å². The van der Waals surface area contributed by atoms with E-state index in [1.165, 1.54) is 15.6 Å². The summed E-state index contributed by atoms with van der Waals surface area (Å²) in [6, 6.07) is 1.89. The summed E-state index contributed by atoms with van der Waals surface area (Å²) in [5, 5.41) is 1.90. The Hall–Kier alpha value is -0.910. The van der Waals surface area contributed by atoms with Gasteiger partial charge in [0.15, 0.2) is 0 Å². The van der Waals surface area contributed by atoms with Gasteiger partial charge in [0.2, 0.25) is 0 Å². The first-order valence-corrected chi connectivity index (χ1v) is 8.47. The van der Waals surface area contributed by atoms with Gasteiger partial charge in [-0.15, -0.1) is 11.3 Å². The summed E-state index contributed by atoms with van der Waals surface area (Å²) < 4.78 is 28.1. The van der Waals surface area contributed by atoms with Crippen LogP contribution in [0.1, 0.15) is 31.2 Å². The topological polar surface area (TPSA) is 75.4 Å². The van der Waals surface area contributed by atoms with Crippen molar-refractivity contribution < 1.29 is 8.42 Å². The van der Waals surface area contributed by atoms with Gasteiger partial charge < -0.3 is 5.73 Å². The summed E-state index contributed by atoms with van der Waals surface area (Å²) in [4.78, 5) is 0.938. The average Bonchev–Trinajstić information content (AvgIpc) is 2.70. The first kappa shape index (κ1) is 17.1. The van der Waals surface area contributed by atoms with E-state index in [-0.39, 0.29) is 0 Å². The highest BCUT2D eigenvalue weighted by Gasteiger charge is 2.24. The van der Waals surface area contributed by atoms with Crippen LogP contribution in [0.4, 0.5) is 0 Å². The van der Waals surface area contributed by atoms with Crippen LogP contribution in [0, 0.1) is 11.8 Å². The molecule has 0 fully saturated rings. The third kappa shape index (κ3) is 5.61. The molecule has 0 unspecified atom stereocenters. The average molecular weight is 315 g/mol. The molecular weight excluding hydrogens is 294 g/mol. The molecule has 112 valence electrons. The van der Waals surface area contributed by atoms with Gasteiger partial charge in [-0.2, -0.15) is 17.4 Å². The first-order valence-electron chi connectivity index (χ1n) is 6.15. The van der Waals surface area contributed by atoms with Crippen molar-refractivity contribution >= 4 is 21.5 Å². The monoisotopic (exact) mass is 315 g/mol. The van der Waals surface area contributed by atoms with E-state index in [0.29, 0.717) is 13.1 Å². The molecule has 0 saturated carbocycles. The highest BCUT2D eigenvalue weighted by molar-refractivity contribution is 7.87. The lowest BCUT2D eigenvalue weighted by Gasteiger charge is -2.25. The van der Waals surface area contributed by atoms with Crippen LogP contribution in [0.3, 0.4) is 0 Å². The van der Waals surface area contributed by atoms with Crippen LogP contribution in [0.2, 0.25) is 0 Å². The smallest absolute Gasteiger partial charge is 0.280 e. The SMILES string of the molecule is CN(Cc1cc(C#CCN)cs1)S(=O)(=O)NC(C)(C)C. The van der Waals surface area contributed by atoms with E-state index >= 15 is 0 Å². The Morgan fingerprint density at radius 3 is 2.65 bits per heavy atom. The quantitative estimate of drug-likeness (QED) is 0.818. The Kier molecular flexibility index (Phi) is 5.74. The van der Waals surface area contributed by atoms with Crippen LogP contribution in [0.15, 0.2) is 11.4 Å². The van der Waals surface area contributed by atoms with Crippen molar-refractivity contribution in [3.05, 3.63) is 21.9 Å². The van der Waals surface area contributed by atoms with Crippen molar-refractivity contribution in [1.82, 2.24) is 9.03 Å². The molecule has 5 nitrogen and oxygen atoms in total. The predicted molar refractivity (Wildman–Crippen MR) is 83.5 cm³/mol. The summed E-state index contributed by atoms with van der Waals surface area (Å²) in [5.41, 5.74) is 5.68. The molecule has 3 N–H and O–H groups in total. The lowest BCUT2D eigenvalue weighted by molar-refractivity contribution is 0.422. The van der Waals surface area contributed by atoms with E-state index in [1.807, 2.05) is 32.2 Å². The van der Waals surface area contributed by atoms with Gasteiger partial charge in [0.25, 0.3) is 10.2 Å². The lowest BCUT2D eigenvalue weighted by atomic mass is 10.1. The van der Waals surface area contributed by atoms with Gasteiger partial charge in [0.05, 0.1) is 6.54 Å². The third-order valence-electron chi connectivity index (χ3n) is 2.21. The molecule has 0 amide bonds. The van der Waals surface area contributed by atoms with Gasteiger partial charge in [-0.1, -0.05) is 11.8 Å². The van der Waals surface area contributed by atoms with Gasteiger partial charge in [-0.25, -0.2) is 0 Å². The molecule has 0 aliphatic heterocycles. The molecule has 1 rings (SSSR count). The fourth-order valence-electron chi connectivity index (χ4n) is 1.45. The van der Waals surface area contributed by atoms with Crippen molar-refractivity contribution in [3.63, 3.8) is 0 Å². The zero-order valence-electron chi connectivity index (χ0n) is 12.2. The molecule has 1 aromatic heterocycles. The van der Waals surface area contributed by atoms with Gasteiger partial charge >= 0.3 is 0 Å². The maximum absolute atomic E-state index is 12.1. The molecule has 0 atom stereocenters. The Morgan fingerprint density at radius 1 is 1.45 bits per heavy atom. The van der Waals surface area contributed by atoms with Crippen molar-refractivity contribution in [2.45, 2.75) is 32.9 Å².